The van der Waals surface area contributed by atoms with E-state index < -0.39 is 0 Å². The smallest absolute Gasteiger partial charge is 0.271 e. The molecule has 1 amide bonds. The number of nitrogens with zero attached hydrogens (tertiary/aromatic N) is 2. The Balaban J connectivity index is 2.05. The Labute approximate surface area is 112 Å². The van der Waals surface area contributed by atoms with Gasteiger partial charge in [0.2, 0.25) is 0 Å². The number of aliphatic hydroxyl groups excluding tert-OH is 1. The Morgan fingerprint density at radius 3 is 3.16 bits per heavy atom. The Hall–Kier alpha value is -1.40. The molecule has 0 radical (unpaired) electrons. The predicted molar refractivity (Wildman–Crippen MR) is 69.7 cm³/mol. The maximum absolute atomic E-state index is 12.3. The molecular formula is C13H21N3O3. The van der Waals surface area contributed by atoms with Gasteiger partial charge in [0.1, 0.15) is 5.69 Å². The Morgan fingerprint density at radius 1 is 1.68 bits per heavy atom. The highest BCUT2D eigenvalue weighted by atomic mass is 16.5. The van der Waals surface area contributed by atoms with E-state index in [-0.39, 0.29) is 17.9 Å². The lowest BCUT2D eigenvalue weighted by molar-refractivity contribution is 0.00873. The van der Waals surface area contributed by atoms with Crippen molar-refractivity contribution in [3.63, 3.8) is 0 Å². The third kappa shape index (κ3) is 3.13. The van der Waals surface area contributed by atoms with Crippen molar-refractivity contribution in [3.05, 3.63) is 18.0 Å². The van der Waals surface area contributed by atoms with Crippen LogP contribution in [0.15, 0.2) is 12.3 Å². The molecule has 0 spiro atoms. The molecule has 6 heteroatoms. The Morgan fingerprint density at radius 2 is 2.53 bits per heavy atom. The minimum atomic E-state index is -0.232. The number of aromatic nitrogens is 2. The molecule has 2 N–H and O–H groups in total. The first-order valence-corrected chi connectivity index (χ1v) is 6.59. The predicted octanol–water partition coefficient (Wildman–Crippen LogP) is 0.661. The molecule has 0 bridgehead atoms. The number of likely N-dealkylation sites (tertiary alicyclic amines) is 1. The summed E-state index contributed by atoms with van der Waals surface area (Å²) in [5.41, 5.74) is 0.268. The Bertz CT molecular complexity index is 407. The van der Waals surface area contributed by atoms with Gasteiger partial charge in [-0.25, -0.2) is 0 Å². The van der Waals surface area contributed by atoms with E-state index in [2.05, 4.69) is 10.2 Å². The molecule has 0 aromatic carbocycles. The number of H-pyrrole nitrogens is 1. The van der Waals surface area contributed by atoms with Crippen molar-refractivity contribution in [3.8, 4) is 0 Å². The zero-order chi connectivity index (χ0) is 13.7. The van der Waals surface area contributed by atoms with Crippen LogP contribution in [-0.2, 0) is 4.74 Å². The highest BCUT2D eigenvalue weighted by molar-refractivity contribution is 5.92. The van der Waals surface area contributed by atoms with Crippen LogP contribution in [0.1, 0.15) is 29.8 Å². The van der Waals surface area contributed by atoms with E-state index in [0.29, 0.717) is 18.8 Å². The monoisotopic (exact) mass is 267 g/mol. The van der Waals surface area contributed by atoms with Crippen LogP contribution >= 0.6 is 0 Å². The summed E-state index contributed by atoms with van der Waals surface area (Å²) >= 11 is 0. The molecule has 1 aromatic heterocycles. The maximum atomic E-state index is 12.3. The second kappa shape index (κ2) is 6.16. The van der Waals surface area contributed by atoms with Crippen molar-refractivity contribution in [2.24, 2.45) is 5.41 Å². The molecule has 1 fully saturated rings. The van der Waals surface area contributed by atoms with Gasteiger partial charge in [-0.3, -0.25) is 9.89 Å². The summed E-state index contributed by atoms with van der Waals surface area (Å²) in [7, 11) is 1.65. The molecule has 19 heavy (non-hydrogen) atoms. The first kappa shape index (κ1) is 14.0. The van der Waals surface area contributed by atoms with Crippen LogP contribution in [0.3, 0.4) is 0 Å². The fourth-order valence-electron chi connectivity index (χ4n) is 2.66. The molecule has 0 aliphatic carbocycles. The summed E-state index contributed by atoms with van der Waals surface area (Å²) < 4.78 is 5.11. The van der Waals surface area contributed by atoms with Crippen LogP contribution in [0.25, 0.3) is 0 Å². The quantitative estimate of drug-likeness (QED) is 0.821. The van der Waals surface area contributed by atoms with Crippen molar-refractivity contribution in [1.29, 1.82) is 0 Å². The van der Waals surface area contributed by atoms with E-state index in [1.165, 1.54) is 0 Å². The van der Waals surface area contributed by atoms with Crippen LogP contribution in [-0.4, -0.2) is 59.5 Å². The summed E-state index contributed by atoms with van der Waals surface area (Å²) in [5, 5.41) is 16.2. The molecule has 106 valence electrons. The number of hydrogen-bond acceptors (Lipinski definition) is 4. The largest absolute Gasteiger partial charge is 0.396 e. The van der Waals surface area contributed by atoms with Gasteiger partial charge < -0.3 is 14.7 Å². The van der Waals surface area contributed by atoms with Crippen molar-refractivity contribution in [2.45, 2.75) is 19.3 Å². The summed E-state index contributed by atoms with van der Waals surface area (Å²) in [6.45, 7) is 1.99. The molecular weight excluding hydrogens is 246 g/mol. The summed E-state index contributed by atoms with van der Waals surface area (Å²) in [6, 6.07) is 1.67. The van der Waals surface area contributed by atoms with Crippen LogP contribution in [0.2, 0.25) is 0 Å². The molecule has 1 aliphatic rings. The summed E-state index contributed by atoms with van der Waals surface area (Å²) in [4.78, 5) is 14.1. The van der Waals surface area contributed by atoms with Crippen LogP contribution in [0, 0.1) is 5.41 Å². The molecule has 2 heterocycles. The van der Waals surface area contributed by atoms with Gasteiger partial charge >= 0.3 is 0 Å². The third-order valence-electron chi connectivity index (χ3n) is 3.85. The number of methoxy groups -OCH3 is 1. The molecule has 1 aromatic rings. The second-order valence-electron chi connectivity index (χ2n) is 5.20. The zero-order valence-electron chi connectivity index (χ0n) is 11.3. The van der Waals surface area contributed by atoms with Gasteiger partial charge in [0.15, 0.2) is 0 Å². The van der Waals surface area contributed by atoms with Crippen molar-refractivity contribution in [1.82, 2.24) is 15.1 Å². The lowest BCUT2D eigenvalue weighted by Crippen LogP contribution is -2.48. The van der Waals surface area contributed by atoms with E-state index in [4.69, 9.17) is 4.74 Å². The van der Waals surface area contributed by atoms with Gasteiger partial charge in [-0.1, -0.05) is 0 Å². The number of rotatable bonds is 5. The van der Waals surface area contributed by atoms with Gasteiger partial charge in [0, 0.05) is 38.4 Å². The SMILES string of the molecule is COCCC1(CO)CCCN(C(=O)c2ccn[nH]2)C1. The number of aliphatic hydroxyl groups is 1. The molecule has 1 atom stereocenters. The number of carbonyl (C=O) groups is 1. The van der Waals surface area contributed by atoms with Crippen molar-refractivity contribution in [2.75, 3.05) is 33.4 Å². The van der Waals surface area contributed by atoms with Gasteiger partial charge in [0.25, 0.3) is 5.91 Å². The maximum Gasteiger partial charge on any atom is 0.271 e. The molecule has 0 saturated carbocycles. The average molecular weight is 267 g/mol. The molecule has 6 nitrogen and oxygen atoms in total. The first-order chi connectivity index (χ1) is 9.21. The number of ether oxygens (including phenoxy) is 1. The van der Waals surface area contributed by atoms with Gasteiger partial charge in [-0.05, 0) is 25.3 Å². The number of nitrogens with one attached hydrogen (secondary N) is 1. The second-order valence-corrected chi connectivity index (χ2v) is 5.20. The number of amides is 1. The third-order valence-corrected chi connectivity index (χ3v) is 3.85. The van der Waals surface area contributed by atoms with Gasteiger partial charge in [-0.2, -0.15) is 5.10 Å². The average Bonchev–Trinajstić information content (AvgIpc) is 2.99. The van der Waals surface area contributed by atoms with Crippen molar-refractivity contribution < 1.29 is 14.6 Å². The fraction of sp³-hybridized carbons (Fsp3) is 0.692. The molecule has 1 unspecified atom stereocenters. The Kier molecular flexibility index (Phi) is 4.55. The van der Waals surface area contributed by atoms with Crippen LogP contribution in [0.4, 0.5) is 0 Å². The number of carbonyl (C=O) groups excluding carboxylic acids is 1. The fourth-order valence-corrected chi connectivity index (χ4v) is 2.66. The number of aromatic amines is 1. The topological polar surface area (TPSA) is 78.5 Å². The van der Waals surface area contributed by atoms with Gasteiger partial charge in [-0.15, -0.1) is 0 Å². The minimum absolute atomic E-state index is 0.0487. The normalized spacial score (nSPS) is 23.6. The number of hydrogen-bond donors (Lipinski definition) is 2. The van der Waals surface area contributed by atoms with E-state index in [0.717, 1.165) is 25.8 Å². The summed E-state index contributed by atoms with van der Waals surface area (Å²) in [6.07, 6.45) is 4.18. The molecule has 1 aliphatic heterocycles. The highest BCUT2D eigenvalue weighted by Crippen LogP contribution is 2.33. The van der Waals surface area contributed by atoms with Crippen molar-refractivity contribution >= 4 is 5.91 Å². The first-order valence-electron chi connectivity index (χ1n) is 6.59. The van der Waals surface area contributed by atoms with Crippen LogP contribution < -0.4 is 0 Å². The minimum Gasteiger partial charge on any atom is -0.396 e. The zero-order valence-corrected chi connectivity index (χ0v) is 11.3. The summed E-state index contributed by atoms with van der Waals surface area (Å²) in [5.74, 6) is -0.0487. The molecule has 1 saturated heterocycles. The standard InChI is InChI=1S/C13H21N3O3/c1-19-8-5-13(10-17)4-2-7-16(9-13)12(18)11-3-6-14-15-11/h3,6,17H,2,4-5,7-10H2,1H3,(H,14,15). The van der Waals surface area contributed by atoms with E-state index in [9.17, 15) is 9.90 Å². The lowest BCUT2D eigenvalue weighted by Gasteiger charge is -2.41. The molecule has 2 rings (SSSR count). The lowest BCUT2D eigenvalue weighted by atomic mass is 9.78. The van der Waals surface area contributed by atoms with Crippen LogP contribution in [0.5, 0.6) is 0 Å². The van der Waals surface area contributed by atoms with E-state index >= 15 is 0 Å². The van der Waals surface area contributed by atoms with E-state index in [1.807, 2.05) is 0 Å². The van der Waals surface area contributed by atoms with Gasteiger partial charge in [0.05, 0.1) is 6.61 Å². The number of piperidine rings is 1. The van der Waals surface area contributed by atoms with E-state index in [1.54, 1.807) is 24.3 Å². The highest BCUT2D eigenvalue weighted by Gasteiger charge is 2.36.